The van der Waals surface area contributed by atoms with Gasteiger partial charge in [0.1, 0.15) is 0 Å². The molecule has 2 N–H and O–H groups in total. The molecule has 2 rings (SSSR count). The van der Waals surface area contributed by atoms with Crippen molar-refractivity contribution in [3.63, 3.8) is 0 Å². The number of aryl methyl sites for hydroxylation is 1. The highest BCUT2D eigenvalue weighted by atomic mass is 32.2. The Bertz CT molecular complexity index is 445. The van der Waals surface area contributed by atoms with Gasteiger partial charge in [0, 0.05) is 15.0 Å². The van der Waals surface area contributed by atoms with E-state index in [1.165, 1.54) is 20.5 Å². The quantitative estimate of drug-likeness (QED) is 0.727. The molecule has 13 heavy (non-hydrogen) atoms. The molecule has 0 saturated heterocycles. The molecule has 68 valence electrons. The molecule has 0 fully saturated rings. The SMILES string of the molecule is CSc1cc(C)cc2sc(N)cc12. The predicted octanol–water partition coefficient (Wildman–Crippen LogP) is 3.51. The Morgan fingerprint density at radius 3 is 2.77 bits per heavy atom. The van der Waals surface area contributed by atoms with Gasteiger partial charge in [-0.3, -0.25) is 0 Å². The molecule has 0 radical (unpaired) electrons. The summed E-state index contributed by atoms with van der Waals surface area (Å²) in [6.07, 6.45) is 2.10. The van der Waals surface area contributed by atoms with Crippen LogP contribution in [0.1, 0.15) is 5.56 Å². The van der Waals surface area contributed by atoms with Crippen LogP contribution in [0.3, 0.4) is 0 Å². The highest BCUT2D eigenvalue weighted by molar-refractivity contribution is 7.98. The molecular formula is C10H11NS2. The minimum Gasteiger partial charge on any atom is -0.391 e. The Labute approximate surface area is 85.9 Å². The van der Waals surface area contributed by atoms with Crippen LogP contribution in [0.4, 0.5) is 5.00 Å². The average molecular weight is 209 g/mol. The van der Waals surface area contributed by atoms with Gasteiger partial charge in [0.05, 0.1) is 5.00 Å². The van der Waals surface area contributed by atoms with Gasteiger partial charge in [-0.15, -0.1) is 23.1 Å². The van der Waals surface area contributed by atoms with Crippen molar-refractivity contribution in [3.8, 4) is 0 Å². The highest BCUT2D eigenvalue weighted by Gasteiger charge is 2.04. The molecule has 0 spiro atoms. The molecule has 0 saturated carbocycles. The van der Waals surface area contributed by atoms with E-state index in [0.29, 0.717) is 0 Å². The third-order valence-corrected chi connectivity index (χ3v) is 3.67. The van der Waals surface area contributed by atoms with E-state index in [4.69, 9.17) is 5.73 Å². The van der Waals surface area contributed by atoms with Crippen LogP contribution in [0.25, 0.3) is 10.1 Å². The molecule has 0 aliphatic rings. The summed E-state index contributed by atoms with van der Waals surface area (Å²) in [5.74, 6) is 0. The third kappa shape index (κ3) is 1.54. The first-order valence-electron chi connectivity index (χ1n) is 4.04. The zero-order valence-corrected chi connectivity index (χ0v) is 9.26. The number of thioether (sulfide) groups is 1. The van der Waals surface area contributed by atoms with E-state index in [2.05, 4.69) is 31.4 Å². The number of nitrogen functional groups attached to an aromatic ring is 1. The van der Waals surface area contributed by atoms with Crippen molar-refractivity contribution >= 4 is 38.2 Å². The van der Waals surface area contributed by atoms with Gasteiger partial charge >= 0.3 is 0 Å². The smallest absolute Gasteiger partial charge is 0.0869 e. The number of benzene rings is 1. The van der Waals surface area contributed by atoms with Crippen molar-refractivity contribution in [1.82, 2.24) is 0 Å². The first-order chi connectivity index (χ1) is 6.20. The summed E-state index contributed by atoms with van der Waals surface area (Å²) >= 11 is 3.44. The number of nitrogens with two attached hydrogens (primary N) is 1. The van der Waals surface area contributed by atoms with Gasteiger partial charge in [0.2, 0.25) is 0 Å². The van der Waals surface area contributed by atoms with Gasteiger partial charge in [0.25, 0.3) is 0 Å². The third-order valence-electron chi connectivity index (χ3n) is 1.98. The largest absolute Gasteiger partial charge is 0.391 e. The van der Waals surface area contributed by atoms with Gasteiger partial charge in [-0.25, -0.2) is 0 Å². The second kappa shape index (κ2) is 3.24. The second-order valence-electron chi connectivity index (χ2n) is 3.03. The number of rotatable bonds is 1. The van der Waals surface area contributed by atoms with Crippen molar-refractivity contribution in [3.05, 3.63) is 23.8 Å². The monoisotopic (exact) mass is 209 g/mol. The zero-order valence-electron chi connectivity index (χ0n) is 7.63. The lowest BCUT2D eigenvalue weighted by Gasteiger charge is -2.00. The predicted molar refractivity (Wildman–Crippen MR) is 62.8 cm³/mol. The maximum atomic E-state index is 5.77. The topological polar surface area (TPSA) is 26.0 Å². The minimum absolute atomic E-state index is 0.899. The number of hydrogen-bond donors (Lipinski definition) is 1. The van der Waals surface area contributed by atoms with E-state index in [1.54, 1.807) is 23.1 Å². The number of hydrogen-bond acceptors (Lipinski definition) is 3. The Balaban J connectivity index is 2.80. The summed E-state index contributed by atoms with van der Waals surface area (Å²) in [4.78, 5) is 1.32. The van der Waals surface area contributed by atoms with Crippen LogP contribution in [-0.4, -0.2) is 6.26 Å². The van der Waals surface area contributed by atoms with Crippen LogP contribution in [0.15, 0.2) is 23.1 Å². The van der Waals surface area contributed by atoms with Crippen LogP contribution >= 0.6 is 23.1 Å². The van der Waals surface area contributed by atoms with Gasteiger partial charge in [-0.05, 0) is 36.9 Å². The zero-order chi connectivity index (χ0) is 9.42. The van der Waals surface area contributed by atoms with Crippen LogP contribution in [0.5, 0.6) is 0 Å². The van der Waals surface area contributed by atoms with Gasteiger partial charge in [0.15, 0.2) is 0 Å². The Kier molecular flexibility index (Phi) is 2.22. The van der Waals surface area contributed by atoms with Crippen molar-refractivity contribution in [2.24, 2.45) is 0 Å². The molecule has 1 aromatic carbocycles. The standard InChI is InChI=1S/C10H11NS2/c1-6-3-8(12-2)7-5-10(11)13-9(7)4-6/h3-5H,11H2,1-2H3. The lowest BCUT2D eigenvalue weighted by atomic mass is 10.2. The fourth-order valence-electron chi connectivity index (χ4n) is 1.43. The molecule has 0 aliphatic heterocycles. The lowest BCUT2D eigenvalue weighted by molar-refractivity contribution is 1.43. The first-order valence-corrected chi connectivity index (χ1v) is 6.08. The normalized spacial score (nSPS) is 10.9. The number of fused-ring (bicyclic) bond motifs is 1. The van der Waals surface area contributed by atoms with E-state index in [9.17, 15) is 0 Å². The van der Waals surface area contributed by atoms with Crippen LogP contribution in [0.2, 0.25) is 0 Å². The molecule has 0 amide bonds. The van der Waals surface area contributed by atoms with Gasteiger partial charge in [-0.1, -0.05) is 0 Å². The summed E-state index contributed by atoms with van der Waals surface area (Å²) in [7, 11) is 0. The molecule has 0 atom stereocenters. The summed E-state index contributed by atoms with van der Waals surface area (Å²) in [6, 6.07) is 6.46. The molecule has 3 heteroatoms. The number of anilines is 1. The van der Waals surface area contributed by atoms with Crippen molar-refractivity contribution in [2.75, 3.05) is 12.0 Å². The molecule has 1 heterocycles. The second-order valence-corrected chi connectivity index (χ2v) is 4.99. The van der Waals surface area contributed by atoms with Crippen molar-refractivity contribution in [1.29, 1.82) is 0 Å². The van der Waals surface area contributed by atoms with E-state index < -0.39 is 0 Å². The fourth-order valence-corrected chi connectivity index (χ4v) is 3.14. The lowest BCUT2D eigenvalue weighted by Crippen LogP contribution is -1.76. The average Bonchev–Trinajstić information content (AvgIpc) is 2.43. The molecule has 0 unspecified atom stereocenters. The van der Waals surface area contributed by atoms with Crippen LogP contribution in [0, 0.1) is 6.92 Å². The van der Waals surface area contributed by atoms with Crippen LogP contribution < -0.4 is 5.73 Å². The molecule has 0 aliphatic carbocycles. The van der Waals surface area contributed by atoms with E-state index in [0.717, 1.165) is 5.00 Å². The van der Waals surface area contributed by atoms with E-state index in [1.807, 2.05) is 0 Å². The molecule has 1 aromatic heterocycles. The highest BCUT2D eigenvalue weighted by Crippen LogP contribution is 2.34. The first kappa shape index (κ1) is 8.91. The molecule has 1 nitrogen and oxygen atoms in total. The Morgan fingerprint density at radius 2 is 2.08 bits per heavy atom. The van der Waals surface area contributed by atoms with Crippen molar-refractivity contribution in [2.45, 2.75) is 11.8 Å². The molecule has 0 bridgehead atoms. The maximum absolute atomic E-state index is 5.77. The van der Waals surface area contributed by atoms with Crippen LogP contribution in [-0.2, 0) is 0 Å². The maximum Gasteiger partial charge on any atom is 0.0869 e. The number of thiophene rings is 1. The summed E-state index contributed by atoms with van der Waals surface area (Å²) in [6.45, 7) is 2.12. The molecular weight excluding hydrogens is 198 g/mol. The minimum atomic E-state index is 0.899. The Hall–Kier alpha value is -0.670. The molecule has 2 aromatic rings. The summed E-state index contributed by atoms with van der Waals surface area (Å²) in [5.41, 5.74) is 7.08. The Morgan fingerprint density at radius 1 is 1.31 bits per heavy atom. The van der Waals surface area contributed by atoms with Gasteiger partial charge < -0.3 is 5.73 Å². The summed E-state index contributed by atoms with van der Waals surface area (Å²) < 4.78 is 1.29. The van der Waals surface area contributed by atoms with Crippen molar-refractivity contribution < 1.29 is 0 Å². The van der Waals surface area contributed by atoms with E-state index in [-0.39, 0.29) is 0 Å². The summed E-state index contributed by atoms with van der Waals surface area (Å²) in [5, 5.41) is 2.19. The van der Waals surface area contributed by atoms with E-state index >= 15 is 0 Å². The fraction of sp³-hybridized carbons (Fsp3) is 0.200. The van der Waals surface area contributed by atoms with Gasteiger partial charge in [-0.2, -0.15) is 0 Å².